The van der Waals surface area contributed by atoms with Crippen molar-refractivity contribution in [2.24, 2.45) is 5.73 Å². The third-order valence-corrected chi connectivity index (χ3v) is 3.12. The topological polar surface area (TPSA) is 44.5 Å². The summed E-state index contributed by atoms with van der Waals surface area (Å²) in [6.45, 7) is 2.38. The highest BCUT2D eigenvalue weighted by atomic mass is 19.1. The van der Waals surface area contributed by atoms with Crippen LogP contribution in [0.25, 0.3) is 0 Å². The Balaban J connectivity index is 2.13. The van der Waals surface area contributed by atoms with Gasteiger partial charge in [0.15, 0.2) is 11.6 Å². The molecule has 0 saturated heterocycles. The zero-order chi connectivity index (χ0) is 14.5. The van der Waals surface area contributed by atoms with Gasteiger partial charge in [-0.1, -0.05) is 18.2 Å². The number of methoxy groups -OCH3 is 1. The van der Waals surface area contributed by atoms with E-state index in [1.54, 1.807) is 32.2 Å². The molecule has 0 atom stereocenters. The Labute approximate surface area is 118 Å². The maximum atomic E-state index is 13.8. The van der Waals surface area contributed by atoms with Gasteiger partial charge in [-0.05, 0) is 36.2 Å². The maximum Gasteiger partial charge on any atom is 0.167 e. The number of hydrogen-bond acceptors (Lipinski definition) is 3. The van der Waals surface area contributed by atoms with Crippen LogP contribution < -0.4 is 15.2 Å². The molecule has 0 unspecified atom stereocenters. The molecular weight excluding hydrogens is 257 g/mol. The predicted molar refractivity (Wildman–Crippen MR) is 76.4 cm³/mol. The van der Waals surface area contributed by atoms with Crippen molar-refractivity contribution in [3.8, 4) is 11.5 Å². The van der Waals surface area contributed by atoms with Crippen molar-refractivity contribution in [3.63, 3.8) is 0 Å². The molecule has 0 aliphatic heterocycles. The highest BCUT2D eigenvalue weighted by Gasteiger charge is 2.07. The fourth-order valence-corrected chi connectivity index (χ4v) is 1.97. The van der Waals surface area contributed by atoms with Gasteiger partial charge in [-0.3, -0.25) is 0 Å². The minimum atomic E-state index is -0.319. The minimum absolute atomic E-state index is 0.259. The van der Waals surface area contributed by atoms with E-state index < -0.39 is 0 Å². The summed E-state index contributed by atoms with van der Waals surface area (Å²) in [6.07, 6.45) is 0. The Bertz CT molecular complexity index is 599. The Morgan fingerprint density at radius 3 is 2.65 bits per heavy atom. The smallest absolute Gasteiger partial charge is 0.167 e. The van der Waals surface area contributed by atoms with Crippen LogP contribution in [-0.2, 0) is 13.2 Å². The summed E-state index contributed by atoms with van der Waals surface area (Å²) in [6, 6.07) is 10.7. The van der Waals surface area contributed by atoms with Crippen LogP contribution in [0.2, 0.25) is 0 Å². The van der Waals surface area contributed by atoms with Crippen LogP contribution in [0.15, 0.2) is 36.4 Å². The molecule has 4 heteroatoms. The first-order valence-electron chi connectivity index (χ1n) is 6.39. The van der Waals surface area contributed by atoms with Gasteiger partial charge in [-0.15, -0.1) is 0 Å². The molecule has 2 aromatic rings. The van der Waals surface area contributed by atoms with Crippen LogP contribution in [0.1, 0.15) is 16.7 Å². The standard InChI is InChI=1S/C16H18FNO2/c1-11-4-3-5-15(16(11)17)20-10-12-6-7-14(19-2)13(8-12)9-18/h3-8H,9-10,18H2,1-2H3. The third kappa shape index (κ3) is 3.08. The molecule has 0 aliphatic carbocycles. The molecule has 20 heavy (non-hydrogen) atoms. The Morgan fingerprint density at radius 1 is 1.15 bits per heavy atom. The minimum Gasteiger partial charge on any atom is -0.496 e. The van der Waals surface area contributed by atoms with Gasteiger partial charge in [-0.2, -0.15) is 0 Å². The van der Waals surface area contributed by atoms with E-state index in [0.29, 0.717) is 12.1 Å². The lowest BCUT2D eigenvalue weighted by molar-refractivity contribution is 0.289. The van der Waals surface area contributed by atoms with Gasteiger partial charge in [0.25, 0.3) is 0 Å². The number of rotatable bonds is 5. The number of halogens is 1. The average molecular weight is 275 g/mol. The van der Waals surface area contributed by atoms with E-state index >= 15 is 0 Å². The summed E-state index contributed by atoms with van der Waals surface area (Å²) in [5.74, 6) is 0.688. The first-order valence-corrected chi connectivity index (χ1v) is 6.39. The van der Waals surface area contributed by atoms with Crippen molar-refractivity contribution in [1.82, 2.24) is 0 Å². The van der Waals surface area contributed by atoms with Crippen LogP contribution in [0.5, 0.6) is 11.5 Å². The first kappa shape index (κ1) is 14.3. The van der Waals surface area contributed by atoms with Gasteiger partial charge in [0.1, 0.15) is 12.4 Å². The van der Waals surface area contributed by atoms with Gasteiger partial charge in [0.05, 0.1) is 7.11 Å². The van der Waals surface area contributed by atoms with E-state index in [0.717, 1.165) is 16.9 Å². The fourth-order valence-electron chi connectivity index (χ4n) is 1.97. The molecule has 0 bridgehead atoms. The molecule has 0 saturated carbocycles. The molecule has 2 N–H and O–H groups in total. The van der Waals surface area contributed by atoms with Crippen molar-refractivity contribution in [1.29, 1.82) is 0 Å². The molecule has 106 valence electrons. The van der Waals surface area contributed by atoms with Crippen LogP contribution in [-0.4, -0.2) is 7.11 Å². The zero-order valence-corrected chi connectivity index (χ0v) is 11.7. The van der Waals surface area contributed by atoms with Crippen molar-refractivity contribution in [2.75, 3.05) is 7.11 Å². The monoisotopic (exact) mass is 275 g/mol. The van der Waals surface area contributed by atoms with E-state index in [4.69, 9.17) is 15.2 Å². The van der Waals surface area contributed by atoms with Gasteiger partial charge < -0.3 is 15.2 Å². The van der Waals surface area contributed by atoms with E-state index in [-0.39, 0.29) is 18.2 Å². The molecule has 0 aromatic heterocycles. The molecule has 0 aliphatic rings. The Kier molecular flexibility index (Phi) is 4.58. The SMILES string of the molecule is COc1ccc(COc2cccc(C)c2F)cc1CN. The van der Waals surface area contributed by atoms with Crippen LogP contribution >= 0.6 is 0 Å². The summed E-state index contributed by atoms with van der Waals surface area (Å²) >= 11 is 0. The predicted octanol–water partition coefficient (Wildman–Crippen LogP) is 3.18. The first-order chi connectivity index (χ1) is 9.65. The summed E-state index contributed by atoms with van der Waals surface area (Å²) in [5.41, 5.74) is 8.06. The molecule has 0 spiro atoms. The van der Waals surface area contributed by atoms with E-state index in [1.807, 2.05) is 18.2 Å². The second kappa shape index (κ2) is 6.39. The number of hydrogen-bond donors (Lipinski definition) is 1. The molecule has 0 heterocycles. The fraction of sp³-hybridized carbons (Fsp3) is 0.250. The van der Waals surface area contributed by atoms with Crippen molar-refractivity contribution >= 4 is 0 Å². The van der Waals surface area contributed by atoms with Crippen molar-refractivity contribution in [3.05, 3.63) is 58.9 Å². The second-order valence-electron chi connectivity index (χ2n) is 4.53. The third-order valence-electron chi connectivity index (χ3n) is 3.12. The quantitative estimate of drug-likeness (QED) is 0.911. The van der Waals surface area contributed by atoms with E-state index in [9.17, 15) is 4.39 Å². The lowest BCUT2D eigenvalue weighted by atomic mass is 10.1. The highest BCUT2D eigenvalue weighted by Crippen LogP contribution is 2.23. The lowest BCUT2D eigenvalue weighted by Gasteiger charge is -2.11. The summed E-state index contributed by atoms with van der Waals surface area (Å²) < 4.78 is 24.5. The molecule has 0 radical (unpaired) electrons. The molecular formula is C16H18FNO2. The Hall–Kier alpha value is -2.07. The normalized spacial score (nSPS) is 10.4. The van der Waals surface area contributed by atoms with Gasteiger partial charge >= 0.3 is 0 Å². The molecule has 0 amide bonds. The van der Waals surface area contributed by atoms with Crippen molar-refractivity contribution in [2.45, 2.75) is 20.1 Å². The van der Waals surface area contributed by atoms with E-state index in [1.165, 1.54) is 0 Å². The van der Waals surface area contributed by atoms with E-state index in [2.05, 4.69) is 0 Å². The largest absolute Gasteiger partial charge is 0.496 e. The maximum absolute atomic E-state index is 13.8. The van der Waals surface area contributed by atoms with Crippen LogP contribution in [0, 0.1) is 12.7 Å². The average Bonchev–Trinajstić information content (AvgIpc) is 2.48. The molecule has 3 nitrogen and oxygen atoms in total. The number of nitrogens with two attached hydrogens (primary N) is 1. The number of aryl methyl sites for hydroxylation is 1. The zero-order valence-electron chi connectivity index (χ0n) is 11.7. The molecule has 0 fully saturated rings. The number of benzene rings is 2. The Morgan fingerprint density at radius 2 is 1.95 bits per heavy atom. The second-order valence-corrected chi connectivity index (χ2v) is 4.53. The van der Waals surface area contributed by atoms with Crippen LogP contribution in [0.3, 0.4) is 0 Å². The number of ether oxygens (including phenoxy) is 2. The highest BCUT2D eigenvalue weighted by molar-refractivity contribution is 5.37. The van der Waals surface area contributed by atoms with Gasteiger partial charge in [-0.25, -0.2) is 4.39 Å². The van der Waals surface area contributed by atoms with Crippen molar-refractivity contribution < 1.29 is 13.9 Å². The summed E-state index contributed by atoms with van der Waals surface area (Å²) in [5, 5.41) is 0. The van der Waals surface area contributed by atoms with Gasteiger partial charge in [0.2, 0.25) is 0 Å². The summed E-state index contributed by atoms with van der Waals surface area (Å²) in [4.78, 5) is 0. The summed E-state index contributed by atoms with van der Waals surface area (Å²) in [7, 11) is 1.60. The lowest BCUT2D eigenvalue weighted by Crippen LogP contribution is -2.03. The van der Waals surface area contributed by atoms with Gasteiger partial charge in [0, 0.05) is 12.1 Å². The molecule has 2 aromatic carbocycles. The van der Waals surface area contributed by atoms with Crippen LogP contribution in [0.4, 0.5) is 4.39 Å². The molecule has 2 rings (SSSR count).